The van der Waals surface area contributed by atoms with Crippen LogP contribution in [0.2, 0.25) is 0 Å². The summed E-state index contributed by atoms with van der Waals surface area (Å²) < 4.78 is 5.46. The number of rotatable bonds is 5. The highest BCUT2D eigenvalue weighted by Gasteiger charge is 2.04. The number of benzene rings is 2. The highest BCUT2D eigenvalue weighted by atomic mass is 16.5. The number of hydrogen-bond donors (Lipinski definition) is 2. The Balaban J connectivity index is 1.60. The molecule has 1 aliphatic rings. The van der Waals surface area contributed by atoms with Crippen molar-refractivity contribution in [2.45, 2.75) is 13.3 Å². The molecule has 0 fully saturated rings. The van der Waals surface area contributed by atoms with E-state index in [-0.39, 0.29) is 0 Å². The van der Waals surface area contributed by atoms with Gasteiger partial charge in [-0.1, -0.05) is 24.3 Å². The molecule has 0 spiro atoms. The summed E-state index contributed by atoms with van der Waals surface area (Å²) in [6, 6.07) is 16.8. The molecule has 0 unspecified atom stereocenters. The van der Waals surface area contributed by atoms with E-state index in [4.69, 9.17) is 4.74 Å². The topological polar surface area (TPSA) is 45.6 Å². The summed E-state index contributed by atoms with van der Waals surface area (Å²) in [5.74, 6) is 1.79. The lowest BCUT2D eigenvalue weighted by Crippen LogP contribution is -2.26. The molecule has 3 rings (SSSR count). The summed E-state index contributed by atoms with van der Waals surface area (Å²) in [6.45, 7) is 4.46. The number of guanidine groups is 1. The quantitative estimate of drug-likeness (QED) is 0.891. The molecule has 0 saturated heterocycles. The molecule has 22 heavy (non-hydrogen) atoms. The van der Waals surface area contributed by atoms with Crippen molar-refractivity contribution < 1.29 is 4.74 Å². The van der Waals surface area contributed by atoms with Crippen molar-refractivity contribution in [2.24, 2.45) is 4.99 Å². The third-order valence-electron chi connectivity index (χ3n) is 3.53. The van der Waals surface area contributed by atoms with Crippen molar-refractivity contribution in [1.29, 1.82) is 0 Å². The van der Waals surface area contributed by atoms with Gasteiger partial charge in [-0.2, -0.15) is 0 Å². The molecular weight excluding hydrogens is 274 g/mol. The Kier molecular flexibility index (Phi) is 4.59. The standard InChI is InChI=1S/C18H21N3O/c1-2-22-17-9-5-15(6-10-17)13-14-3-7-16(8-4-14)21-18-19-11-12-20-18/h3-10H,2,11-13H2,1H3,(H2,19,20,21). The number of aliphatic imine (C=N–C) groups is 1. The van der Waals surface area contributed by atoms with Gasteiger partial charge < -0.3 is 15.4 Å². The maximum atomic E-state index is 5.46. The SMILES string of the molecule is CCOc1ccc(Cc2ccc(NC3=NCCN3)cc2)cc1. The Morgan fingerprint density at radius 1 is 1.05 bits per heavy atom. The van der Waals surface area contributed by atoms with Gasteiger partial charge in [0, 0.05) is 12.2 Å². The van der Waals surface area contributed by atoms with Crippen molar-refractivity contribution >= 4 is 11.6 Å². The average molecular weight is 295 g/mol. The van der Waals surface area contributed by atoms with Crippen molar-refractivity contribution in [1.82, 2.24) is 5.32 Å². The monoisotopic (exact) mass is 295 g/mol. The van der Waals surface area contributed by atoms with Crippen LogP contribution in [0.15, 0.2) is 53.5 Å². The number of hydrogen-bond acceptors (Lipinski definition) is 4. The van der Waals surface area contributed by atoms with Crippen molar-refractivity contribution in [3.05, 3.63) is 59.7 Å². The second-order valence-electron chi connectivity index (χ2n) is 5.23. The molecule has 0 amide bonds. The van der Waals surface area contributed by atoms with Crippen LogP contribution in [0.5, 0.6) is 5.75 Å². The molecule has 2 aromatic rings. The van der Waals surface area contributed by atoms with E-state index < -0.39 is 0 Å². The van der Waals surface area contributed by atoms with E-state index in [0.29, 0.717) is 6.61 Å². The molecule has 1 aliphatic heterocycles. The fourth-order valence-electron chi connectivity index (χ4n) is 2.43. The van der Waals surface area contributed by atoms with Crippen LogP contribution in [0.4, 0.5) is 5.69 Å². The Labute approximate surface area is 131 Å². The van der Waals surface area contributed by atoms with E-state index in [1.54, 1.807) is 0 Å². The van der Waals surface area contributed by atoms with E-state index in [1.807, 2.05) is 19.1 Å². The van der Waals surface area contributed by atoms with E-state index in [1.165, 1.54) is 11.1 Å². The van der Waals surface area contributed by atoms with E-state index in [0.717, 1.165) is 36.9 Å². The molecule has 0 radical (unpaired) electrons. The zero-order chi connectivity index (χ0) is 15.2. The molecule has 0 atom stereocenters. The molecule has 2 N–H and O–H groups in total. The van der Waals surface area contributed by atoms with Gasteiger partial charge in [-0.05, 0) is 48.7 Å². The second-order valence-corrected chi connectivity index (χ2v) is 5.23. The number of ether oxygens (including phenoxy) is 1. The van der Waals surface area contributed by atoms with Crippen LogP contribution in [0, 0.1) is 0 Å². The Bertz CT molecular complexity index is 632. The third kappa shape index (κ3) is 3.79. The predicted molar refractivity (Wildman–Crippen MR) is 90.8 cm³/mol. The first-order chi connectivity index (χ1) is 10.8. The van der Waals surface area contributed by atoms with Gasteiger partial charge in [-0.15, -0.1) is 0 Å². The molecular formula is C18H21N3O. The van der Waals surface area contributed by atoms with Crippen LogP contribution in [0.3, 0.4) is 0 Å². The number of anilines is 1. The van der Waals surface area contributed by atoms with Gasteiger partial charge in [0.2, 0.25) is 0 Å². The molecule has 2 aromatic carbocycles. The lowest BCUT2D eigenvalue weighted by molar-refractivity contribution is 0.340. The van der Waals surface area contributed by atoms with E-state index in [2.05, 4.69) is 52.0 Å². The van der Waals surface area contributed by atoms with Crippen LogP contribution < -0.4 is 15.4 Å². The third-order valence-corrected chi connectivity index (χ3v) is 3.53. The summed E-state index contributed by atoms with van der Waals surface area (Å²) in [4.78, 5) is 4.33. The Hall–Kier alpha value is -2.49. The first-order valence-electron chi connectivity index (χ1n) is 7.69. The molecule has 0 saturated carbocycles. The lowest BCUT2D eigenvalue weighted by Gasteiger charge is -2.08. The first-order valence-corrected chi connectivity index (χ1v) is 7.69. The Morgan fingerprint density at radius 3 is 2.32 bits per heavy atom. The largest absolute Gasteiger partial charge is 0.494 e. The van der Waals surface area contributed by atoms with E-state index in [9.17, 15) is 0 Å². The normalized spacial score (nSPS) is 13.4. The minimum absolute atomic E-state index is 0.702. The lowest BCUT2D eigenvalue weighted by atomic mass is 10.0. The zero-order valence-corrected chi connectivity index (χ0v) is 12.8. The summed E-state index contributed by atoms with van der Waals surface area (Å²) in [6.07, 6.45) is 0.923. The van der Waals surface area contributed by atoms with E-state index >= 15 is 0 Å². The van der Waals surface area contributed by atoms with Gasteiger partial charge in [0.05, 0.1) is 13.2 Å². The van der Waals surface area contributed by atoms with Gasteiger partial charge in [0.1, 0.15) is 5.75 Å². The maximum Gasteiger partial charge on any atom is 0.195 e. The molecule has 4 heteroatoms. The molecule has 0 aromatic heterocycles. The molecule has 0 bridgehead atoms. The molecule has 0 aliphatic carbocycles. The van der Waals surface area contributed by atoms with Crippen LogP contribution in [-0.2, 0) is 6.42 Å². The summed E-state index contributed by atoms with van der Waals surface area (Å²) >= 11 is 0. The van der Waals surface area contributed by atoms with Crippen molar-refractivity contribution in [3.8, 4) is 5.75 Å². The van der Waals surface area contributed by atoms with Crippen molar-refractivity contribution in [3.63, 3.8) is 0 Å². The van der Waals surface area contributed by atoms with Gasteiger partial charge in [-0.3, -0.25) is 4.99 Å². The first kappa shape index (κ1) is 14.4. The van der Waals surface area contributed by atoms with Gasteiger partial charge in [-0.25, -0.2) is 0 Å². The maximum absolute atomic E-state index is 5.46. The Morgan fingerprint density at radius 2 is 1.73 bits per heavy atom. The van der Waals surface area contributed by atoms with Crippen LogP contribution in [0.1, 0.15) is 18.1 Å². The molecule has 1 heterocycles. The zero-order valence-electron chi connectivity index (χ0n) is 12.8. The van der Waals surface area contributed by atoms with Gasteiger partial charge in [0.15, 0.2) is 5.96 Å². The smallest absolute Gasteiger partial charge is 0.195 e. The van der Waals surface area contributed by atoms with Gasteiger partial charge in [0.25, 0.3) is 0 Å². The fraction of sp³-hybridized carbons (Fsp3) is 0.278. The summed E-state index contributed by atoms with van der Waals surface area (Å²) in [7, 11) is 0. The number of nitrogens with zero attached hydrogens (tertiary/aromatic N) is 1. The summed E-state index contributed by atoms with van der Waals surface area (Å²) in [5.41, 5.74) is 3.63. The number of nitrogens with one attached hydrogen (secondary N) is 2. The molecule has 4 nitrogen and oxygen atoms in total. The van der Waals surface area contributed by atoms with Crippen LogP contribution >= 0.6 is 0 Å². The minimum Gasteiger partial charge on any atom is -0.494 e. The van der Waals surface area contributed by atoms with Crippen LogP contribution in [0.25, 0.3) is 0 Å². The van der Waals surface area contributed by atoms with Gasteiger partial charge >= 0.3 is 0 Å². The van der Waals surface area contributed by atoms with Crippen molar-refractivity contribution in [2.75, 3.05) is 25.0 Å². The molecule has 114 valence electrons. The highest BCUT2D eigenvalue weighted by Crippen LogP contribution is 2.17. The van der Waals surface area contributed by atoms with Crippen LogP contribution in [-0.4, -0.2) is 25.7 Å². The fourth-order valence-corrected chi connectivity index (χ4v) is 2.43. The summed E-state index contributed by atoms with van der Waals surface area (Å²) in [5, 5.41) is 6.48. The second kappa shape index (κ2) is 6.98. The average Bonchev–Trinajstić information content (AvgIpc) is 3.04. The highest BCUT2D eigenvalue weighted by molar-refractivity contribution is 5.94. The predicted octanol–water partition coefficient (Wildman–Crippen LogP) is 3.05. The minimum atomic E-state index is 0.702.